The van der Waals surface area contributed by atoms with Crippen LogP contribution < -0.4 is 0 Å². The van der Waals surface area contributed by atoms with Crippen molar-refractivity contribution in [2.24, 2.45) is 16.2 Å². The molecule has 1 N–H and O–H groups in total. The van der Waals surface area contributed by atoms with Crippen molar-refractivity contribution in [1.29, 1.82) is 0 Å². The number of hydrogen-bond donors (Lipinski definition) is 1. The Morgan fingerprint density at radius 3 is 1.90 bits per heavy atom. The molecule has 0 radical (unpaired) electrons. The summed E-state index contributed by atoms with van der Waals surface area (Å²) < 4.78 is 24.2. The maximum atomic E-state index is 13.4. The quantitative estimate of drug-likeness (QED) is 0.0630. The minimum atomic E-state index is -1.22. The van der Waals surface area contributed by atoms with Crippen LogP contribution in [0.15, 0.2) is 12.1 Å². The third-order valence-corrected chi connectivity index (χ3v) is 10.4. The van der Waals surface area contributed by atoms with Gasteiger partial charge in [0.25, 0.3) is 0 Å². The van der Waals surface area contributed by atoms with Gasteiger partial charge >= 0.3 is 23.9 Å². The Labute approximate surface area is 284 Å². The number of carbonyl (C=O) groups excluding carboxylic acids is 4. The van der Waals surface area contributed by atoms with Crippen LogP contribution in [0, 0.1) is 27.0 Å². The van der Waals surface area contributed by atoms with Gasteiger partial charge in [-0.15, -0.1) is 0 Å². The maximum Gasteiger partial charge on any atom is 0.339 e. The molecule has 0 fully saturated rings. The van der Waals surface area contributed by atoms with Gasteiger partial charge in [0.2, 0.25) is 0 Å². The summed E-state index contributed by atoms with van der Waals surface area (Å²) in [6.07, 6.45) is 2.02. The fourth-order valence-electron chi connectivity index (χ4n) is 4.50. The second kappa shape index (κ2) is 17.5. The van der Waals surface area contributed by atoms with Crippen LogP contribution in [-0.2, 0) is 33.3 Å². The Kier molecular flexibility index (Phi) is 16.4. The molecule has 1 aromatic rings. The Morgan fingerprint density at radius 1 is 0.756 bits per heavy atom. The summed E-state index contributed by atoms with van der Waals surface area (Å²) in [5, 5.41) is 9.05. The summed E-state index contributed by atoms with van der Waals surface area (Å²) in [6, 6.07) is 3.70. The minimum Gasteiger partial charge on any atom is -0.465 e. The molecular formula is C29H41I3O9. The molecule has 0 aromatic heterocycles. The van der Waals surface area contributed by atoms with E-state index in [-0.39, 0.29) is 45.9 Å². The average Bonchev–Trinajstić information content (AvgIpc) is 2.90. The SMILES string of the molecule is CCCCOC(=O)C(C)(CC(C)(C)C(=O)OCCO)CC(C)(CC)C(=O)OCCOC(=O)c1cc(I)cc(I)c1I. The van der Waals surface area contributed by atoms with Gasteiger partial charge in [-0.2, -0.15) is 0 Å². The molecule has 0 aliphatic heterocycles. The Hall–Kier alpha value is -0.750. The molecule has 12 heteroatoms. The lowest BCUT2D eigenvalue weighted by Gasteiger charge is -2.39. The number of halogens is 3. The van der Waals surface area contributed by atoms with Gasteiger partial charge in [-0.3, -0.25) is 14.4 Å². The van der Waals surface area contributed by atoms with E-state index in [2.05, 4.69) is 67.8 Å². The second-order valence-electron chi connectivity index (χ2n) is 11.1. The first kappa shape index (κ1) is 38.3. The Morgan fingerprint density at radius 2 is 1.32 bits per heavy atom. The van der Waals surface area contributed by atoms with Gasteiger partial charge in [-0.25, -0.2) is 4.79 Å². The topological polar surface area (TPSA) is 125 Å². The predicted octanol–water partition coefficient (Wildman–Crippen LogP) is 6.31. The van der Waals surface area contributed by atoms with Gasteiger partial charge < -0.3 is 24.1 Å². The van der Waals surface area contributed by atoms with E-state index in [1.165, 1.54) is 0 Å². The van der Waals surface area contributed by atoms with E-state index in [1.54, 1.807) is 33.8 Å². The number of hydrogen-bond acceptors (Lipinski definition) is 9. The molecule has 0 aliphatic rings. The molecule has 2 unspecified atom stereocenters. The highest BCUT2D eigenvalue weighted by Gasteiger charge is 2.49. The summed E-state index contributed by atoms with van der Waals surface area (Å²) >= 11 is 6.39. The van der Waals surface area contributed by atoms with Gasteiger partial charge in [0, 0.05) is 10.7 Å². The van der Waals surface area contributed by atoms with E-state index < -0.39 is 40.1 Å². The number of carbonyl (C=O) groups is 4. The van der Waals surface area contributed by atoms with Crippen LogP contribution >= 0.6 is 67.8 Å². The van der Waals surface area contributed by atoms with Crippen LogP contribution in [0.4, 0.5) is 0 Å². The zero-order valence-electron chi connectivity index (χ0n) is 24.6. The third kappa shape index (κ3) is 11.7. The fraction of sp³-hybridized carbons (Fsp3) is 0.655. The zero-order chi connectivity index (χ0) is 31.4. The van der Waals surface area contributed by atoms with E-state index in [9.17, 15) is 19.2 Å². The number of unbranched alkanes of at least 4 members (excludes halogenated alkanes) is 1. The van der Waals surface area contributed by atoms with Crippen molar-refractivity contribution < 1.29 is 43.2 Å². The largest absolute Gasteiger partial charge is 0.465 e. The Bertz CT molecular complexity index is 1080. The highest BCUT2D eigenvalue weighted by molar-refractivity contribution is 14.1. The number of rotatable bonds is 17. The van der Waals surface area contributed by atoms with Gasteiger partial charge in [-0.05, 0) is 133 Å². The van der Waals surface area contributed by atoms with Gasteiger partial charge in [0.05, 0.1) is 35.0 Å². The molecule has 1 aromatic carbocycles. The molecule has 0 amide bonds. The van der Waals surface area contributed by atoms with Crippen molar-refractivity contribution in [3.8, 4) is 0 Å². The van der Waals surface area contributed by atoms with Crippen LogP contribution in [0.5, 0.6) is 0 Å². The monoisotopic (exact) mass is 914 g/mol. The average molecular weight is 914 g/mol. The number of aliphatic hydroxyl groups is 1. The third-order valence-electron chi connectivity index (χ3n) is 6.75. The zero-order valence-corrected chi connectivity index (χ0v) is 31.0. The maximum absolute atomic E-state index is 13.4. The van der Waals surface area contributed by atoms with E-state index >= 15 is 0 Å². The first-order valence-corrected chi connectivity index (χ1v) is 16.7. The normalized spacial score (nSPS) is 14.4. The number of esters is 4. The van der Waals surface area contributed by atoms with Crippen LogP contribution in [-0.4, -0.2) is 62.0 Å². The highest BCUT2D eigenvalue weighted by atomic mass is 127. The predicted molar refractivity (Wildman–Crippen MR) is 179 cm³/mol. The number of aliphatic hydroxyl groups excluding tert-OH is 1. The van der Waals surface area contributed by atoms with Crippen molar-refractivity contribution in [3.63, 3.8) is 0 Å². The lowest BCUT2D eigenvalue weighted by Crippen LogP contribution is -2.44. The van der Waals surface area contributed by atoms with Crippen molar-refractivity contribution in [3.05, 3.63) is 28.4 Å². The molecule has 0 saturated heterocycles. The van der Waals surface area contributed by atoms with Crippen molar-refractivity contribution >= 4 is 91.6 Å². The fourth-order valence-corrected chi connectivity index (χ4v) is 6.88. The molecule has 0 bridgehead atoms. The van der Waals surface area contributed by atoms with Crippen LogP contribution in [0.25, 0.3) is 0 Å². The van der Waals surface area contributed by atoms with E-state index in [0.29, 0.717) is 18.4 Å². The second-order valence-corrected chi connectivity index (χ2v) is 14.6. The lowest BCUT2D eigenvalue weighted by atomic mass is 9.65. The van der Waals surface area contributed by atoms with E-state index in [0.717, 1.165) is 17.1 Å². The number of ether oxygens (including phenoxy) is 4. The van der Waals surface area contributed by atoms with Crippen LogP contribution in [0.2, 0.25) is 0 Å². The molecular weight excluding hydrogens is 873 g/mol. The summed E-state index contributed by atoms with van der Waals surface area (Å²) in [7, 11) is 0. The van der Waals surface area contributed by atoms with E-state index in [4.69, 9.17) is 24.1 Å². The summed E-state index contributed by atoms with van der Waals surface area (Å²) in [5.74, 6) is -2.10. The van der Waals surface area contributed by atoms with Gasteiger partial charge in [0.15, 0.2) is 0 Å². The van der Waals surface area contributed by atoms with Gasteiger partial charge in [-0.1, -0.05) is 20.3 Å². The van der Waals surface area contributed by atoms with Crippen LogP contribution in [0.3, 0.4) is 0 Å². The van der Waals surface area contributed by atoms with Crippen molar-refractivity contribution in [1.82, 2.24) is 0 Å². The smallest absolute Gasteiger partial charge is 0.339 e. The lowest BCUT2D eigenvalue weighted by molar-refractivity contribution is -0.169. The molecule has 2 atom stereocenters. The molecule has 1 rings (SSSR count). The van der Waals surface area contributed by atoms with Gasteiger partial charge in [0.1, 0.15) is 19.8 Å². The first-order valence-electron chi connectivity index (χ1n) is 13.5. The molecule has 9 nitrogen and oxygen atoms in total. The minimum absolute atomic E-state index is 0.0585. The number of benzene rings is 1. The van der Waals surface area contributed by atoms with Crippen molar-refractivity contribution in [2.45, 2.75) is 73.6 Å². The molecule has 0 heterocycles. The van der Waals surface area contributed by atoms with Crippen LogP contribution in [0.1, 0.15) is 84.0 Å². The molecule has 232 valence electrons. The summed E-state index contributed by atoms with van der Waals surface area (Å²) in [4.78, 5) is 52.0. The van der Waals surface area contributed by atoms with E-state index in [1.807, 2.05) is 19.9 Å². The van der Waals surface area contributed by atoms with Crippen molar-refractivity contribution in [2.75, 3.05) is 33.0 Å². The standard InChI is InChI=1S/C29H41I3O9/c1-7-9-11-39-26(37)29(6,17-27(3,4)24(35)40-12-10-33)18-28(5,8-2)25(36)41-14-13-38-23(34)20-15-19(30)16-21(31)22(20)32/h15-16,33H,7-14,17-18H2,1-6H3. The molecule has 0 saturated carbocycles. The molecule has 41 heavy (non-hydrogen) atoms. The molecule has 0 spiro atoms. The Balaban J connectivity index is 3.01. The first-order chi connectivity index (χ1) is 19.1. The highest BCUT2D eigenvalue weighted by Crippen LogP contribution is 2.45. The molecule has 0 aliphatic carbocycles. The summed E-state index contributed by atoms with van der Waals surface area (Å²) in [5.41, 5.74) is -2.95. The summed E-state index contributed by atoms with van der Waals surface area (Å²) in [6.45, 7) is 10.0.